The minimum Gasteiger partial charge on any atom is -0.464 e. The van der Waals surface area contributed by atoms with Crippen molar-refractivity contribution < 1.29 is 9.53 Å². The van der Waals surface area contributed by atoms with E-state index in [2.05, 4.69) is 12.2 Å². The predicted octanol–water partition coefficient (Wildman–Crippen LogP) is 1.23. The van der Waals surface area contributed by atoms with E-state index in [0.717, 1.165) is 12.8 Å². The average Bonchev–Trinajstić information content (AvgIpc) is 2.08. The molecule has 1 heterocycles. The smallest absolute Gasteiger partial charge is 0.306 e. The lowest BCUT2D eigenvalue weighted by atomic mass is 10.0. The molecule has 2 unspecified atom stereocenters. The zero-order valence-electron chi connectivity index (χ0n) is 8.03. The van der Waals surface area contributed by atoms with E-state index in [0.29, 0.717) is 18.9 Å². The van der Waals surface area contributed by atoms with Crippen LogP contribution in [0, 0.1) is 5.92 Å². The molecule has 0 aromatic heterocycles. The minimum atomic E-state index is -0.127. The van der Waals surface area contributed by atoms with Crippen LogP contribution in [0.25, 0.3) is 0 Å². The summed E-state index contributed by atoms with van der Waals surface area (Å²) in [7, 11) is 0. The summed E-state index contributed by atoms with van der Waals surface area (Å²) in [5.74, 6) is 0.247. The van der Waals surface area contributed by atoms with Crippen molar-refractivity contribution in [3.63, 3.8) is 0 Å². The number of carbonyl (C=O) groups excluding carboxylic acids is 1. The van der Waals surface area contributed by atoms with E-state index < -0.39 is 0 Å². The first-order valence-corrected chi connectivity index (χ1v) is 4.74. The second kappa shape index (κ2) is 5.02. The molecule has 0 fully saturated rings. The molecule has 0 saturated carbocycles. The quantitative estimate of drug-likeness (QED) is 0.454. The zero-order chi connectivity index (χ0) is 9.68. The fourth-order valence-electron chi connectivity index (χ4n) is 1.29. The number of carbonyl (C=O) groups is 1. The van der Waals surface area contributed by atoms with E-state index in [-0.39, 0.29) is 12.0 Å². The Balaban J connectivity index is 2.49. The fraction of sp³-hybridized carbons (Fsp3) is 0.700. The number of rotatable bonds is 0. The molecule has 0 aromatic carbocycles. The van der Waals surface area contributed by atoms with Crippen LogP contribution in [0.2, 0.25) is 0 Å². The Morgan fingerprint density at radius 3 is 2.92 bits per heavy atom. The fourth-order valence-corrected chi connectivity index (χ4v) is 1.29. The molecule has 0 amide bonds. The van der Waals surface area contributed by atoms with Crippen molar-refractivity contribution in [3.8, 4) is 0 Å². The van der Waals surface area contributed by atoms with Crippen LogP contribution in [0.4, 0.5) is 0 Å². The number of esters is 1. The van der Waals surface area contributed by atoms with Gasteiger partial charge in [0.25, 0.3) is 0 Å². The lowest BCUT2D eigenvalue weighted by molar-refractivity contribution is -0.145. The predicted molar refractivity (Wildman–Crippen MR) is 51.1 cm³/mol. The first kappa shape index (κ1) is 10.3. The Hall–Kier alpha value is -0.830. The van der Waals surface area contributed by atoms with Gasteiger partial charge in [-0.1, -0.05) is 19.1 Å². The lowest BCUT2D eigenvalue weighted by Crippen LogP contribution is -2.28. The molecule has 1 rings (SSSR count). The molecule has 2 atom stereocenters. The van der Waals surface area contributed by atoms with E-state index >= 15 is 0 Å². The van der Waals surface area contributed by atoms with Crippen LogP contribution in [0.1, 0.15) is 26.2 Å². The van der Waals surface area contributed by atoms with Gasteiger partial charge in [0.15, 0.2) is 0 Å². The Morgan fingerprint density at radius 1 is 1.46 bits per heavy atom. The van der Waals surface area contributed by atoms with Gasteiger partial charge < -0.3 is 10.5 Å². The molecular weight excluding hydrogens is 166 g/mol. The van der Waals surface area contributed by atoms with Crippen LogP contribution in [0.3, 0.4) is 0 Å². The number of hydrogen-bond donors (Lipinski definition) is 1. The largest absolute Gasteiger partial charge is 0.464 e. The van der Waals surface area contributed by atoms with Crippen molar-refractivity contribution in [2.75, 3.05) is 6.61 Å². The topological polar surface area (TPSA) is 52.3 Å². The summed E-state index contributed by atoms with van der Waals surface area (Å²) in [6.07, 6.45) is 6.39. The van der Waals surface area contributed by atoms with Crippen LogP contribution in [0.5, 0.6) is 0 Å². The maximum absolute atomic E-state index is 11.2. The number of hydrogen-bond acceptors (Lipinski definition) is 3. The van der Waals surface area contributed by atoms with Crippen LogP contribution >= 0.6 is 0 Å². The van der Waals surface area contributed by atoms with E-state index in [1.54, 1.807) is 0 Å². The summed E-state index contributed by atoms with van der Waals surface area (Å²) >= 11 is 0. The minimum absolute atomic E-state index is 0.0476. The van der Waals surface area contributed by atoms with Crippen molar-refractivity contribution in [2.45, 2.75) is 32.2 Å². The third-order valence-electron chi connectivity index (χ3n) is 2.12. The molecule has 0 aromatic rings. The molecule has 0 saturated heterocycles. The molecule has 0 radical (unpaired) electrons. The lowest BCUT2D eigenvalue weighted by Gasteiger charge is -2.14. The monoisotopic (exact) mass is 183 g/mol. The second-order valence-corrected chi connectivity index (χ2v) is 3.70. The van der Waals surface area contributed by atoms with Gasteiger partial charge in [0.2, 0.25) is 0 Å². The van der Waals surface area contributed by atoms with Crippen LogP contribution in [-0.4, -0.2) is 18.6 Å². The van der Waals surface area contributed by atoms with Gasteiger partial charge in [-0.05, 0) is 18.8 Å². The highest BCUT2D eigenvalue weighted by Gasteiger charge is 2.12. The number of cyclic esters (lactones) is 1. The molecule has 0 bridgehead atoms. The van der Waals surface area contributed by atoms with Crippen molar-refractivity contribution in [1.29, 1.82) is 0 Å². The van der Waals surface area contributed by atoms with Crippen molar-refractivity contribution in [2.24, 2.45) is 11.7 Å². The summed E-state index contributed by atoms with van der Waals surface area (Å²) in [5, 5.41) is 0. The highest BCUT2D eigenvalue weighted by Crippen LogP contribution is 2.11. The first-order chi connectivity index (χ1) is 6.18. The summed E-state index contributed by atoms with van der Waals surface area (Å²) in [6.45, 7) is 2.39. The van der Waals surface area contributed by atoms with Crippen LogP contribution < -0.4 is 5.73 Å². The maximum atomic E-state index is 11.2. The van der Waals surface area contributed by atoms with Crippen molar-refractivity contribution in [3.05, 3.63) is 12.2 Å². The molecule has 1 aliphatic rings. The van der Waals surface area contributed by atoms with Gasteiger partial charge in [0.05, 0.1) is 0 Å². The average molecular weight is 183 g/mol. The second-order valence-electron chi connectivity index (χ2n) is 3.70. The molecular formula is C10H17NO2. The Labute approximate surface area is 78.9 Å². The SMILES string of the molecule is CC1C/C=C\CC(N)COC(=O)C1. The highest BCUT2D eigenvalue weighted by atomic mass is 16.5. The van der Waals surface area contributed by atoms with E-state index in [1.165, 1.54) is 0 Å². The zero-order valence-corrected chi connectivity index (χ0v) is 8.03. The molecule has 3 nitrogen and oxygen atoms in total. The normalized spacial score (nSPS) is 33.5. The molecule has 0 spiro atoms. The van der Waals surface area contributed by atoms with Gasteiger partial charge in [-0.2, -0.15) is 0 Å². The van der Waals surface area contributed by atoms with Gasteiger partial charge in [-0.3, -0.25) is 4.79 Å². The standard InChI is InChI=1S/C10H17NO2/c1-8-4-2-3-5-9(11)7-13-10(12)6-8/h2-3,8-9H,4-7,11H2,1H3/b3-2-. The van der Waals surface area contributed by atoms with Crippen LogP contribution in [-0.2, 0) is 9.53 Å². The highest BCUT2D eigenvalue weighted by molar-refractivity contribution is 5.69. The molecule has 3 heteroatoms. The summed E-state index contributed by atoms with van der Waals surface area (Å²) in [6, 6.07) is -0.0476. The molecule has 1 aliphatic heterocycles. The first-order valence-electron chi connectivity index (χ1n) is 4.74. The van der Waals surface area contributed by atoms with Crippen molar-refractivity contribution in [1.82, 2.24) is 0 Å². The van der Waals surface area contributed by atoms with E-state index in [4.69, 9.17) is 10.5 Å². The third-order valence-corrected chi connectivity index (χ3v) is 2.12. The van der Waals surface area contributed by atoms with Gasteiger partial charge in [0, 0.05) is 12.5 Å². The van der Waals surface area contributed by atoms with Gasteiger partial charge >= 0.3 is 5.97 Å². The third kappa shape index (κ3) is 4.08. The van der Waals surface area contributed by atoms with Gasteiger partial charge in [0.1, 0.15) is 6.61 Å². The molecule has 13 heavy (non-hydrogen) atoms. The molecule has 74 valence electrons. The van der Waals surface area contributed by atoms with Crippen LogP contribution in [0.15, 0.2) is 12.2 Å². The number of allylic oxidation sites excluding steroid dienone is 1. The Bertz CT molecular complexity index is 201. The maximum Gasteiger partial charge on any atom is 0.306 e. The van der Waals surface area contributed by atoms with Gasteiger partial charge in [-0.25, -0.2) is 0 Å². The Morgan fingerprint density at radius 2 is 2.15 bits per heavy atom. The van der Waals surface area contributed by atoms with E-state index in [1.807, 2.05) is 6.92 Å². The molecule has 0 aliphatic carbocycles. The number of nitrogens with two attached hydrogens (primary N) is 1. The Kier molecular flexibility index (Phi) is 3.96. The van der Waals surface area contributed by atoms with Gasteiger partial charge in [-0.15, -0.1) is 0 Å². The van der Waals surface area contributed by atoms with Crippen molar-refractivity contribution >= 4 is 5.97 Å². The molecule has 2 N–H and O–H groups in total. The summed E-state index contributed by atoms with van der Waals surface area (Å²) in [4.78, 5) is 11.2. The van der Waals surface area contributed by atoms with E-state index in [9.17, 15) is 4.79 Å². The summed E-state index contributed by atoms with van der Waals surface area (Å²) in [5.41, 5.74) is 5.69. The number of ether oxygens (including phenoxy) is 1. The summed E-state index contributed by atoms with van der Waals surface area (Å²) < 4.78 is 5.00.